The molecular weight excluding hydrogens is 338 g/mol. The number of aliphatic hydroxyl groups is 1. The molecule has 144 valence electrons. The van der Waals surface area contributed by atoms with E-state index in [4.69, 9.17) is 4.74 Å². The maximum absolute atomic E-state index is 12.9. The first kappa shape index (κ1) is 18.5. The number of hydrogen-bond acceptors (Lipinski definition) is 4. The summed E-state index contributed by atoms with van der Waals surface area (Å²) in [7, 11) is 0. The van der Waals surface area contributed by atoms with Gasteiger partial charge >= 0.3 is 5.97 Å². The van der Waals surface area contributed by atoms with Crippen LogP contribution in [0.3, 0.4) is 0 Å². The summed E-state index contributed by atoms with van der Waals surface area (Å²) in [5.74, 6) is 7.22. The standard InChI is InChI=1S/C23H29NO3/c1-17-8-10-21(11-9-17)23(26,20-6-2-3-7-20)22(25)27-13-5-4-12-24-15-18-14-19(18)16-24/h8-11,18-20,26H,2-3,6-7,12-16H2,1H3/t18-,19+,23?. The Morgan fingerprint density at radius 1 is 1.19 bits per heavy atom. The first-order valence-electron chi connectivity index (χ1n) is 10.2. The van der Waals surface area contributed by atoms with Gasteiger partial charge in [0.05, 0.1) is 6.54 Å². The average Bonchev–Trinajstić information content (AvgIpc) is 3.06. The van der Waals surface area contributed by atoms with Crippen LogP contribution in [0.25, 0.3) is 0 Å². The van der Waals surface area contributed by atoms with Gasteiger partial charge in [0.1, 0.15) is 0 Å². The number of rotatable bonds is 5. The first-order valence-corrected chi connectivity index (χ1v) is 10.2. The predicted octanol–water partition coefficient (Wildman–Crippen LogP) is 2.87. The highest BCUT2D eigenvalue weighted by Crippen LogP contribution is 2.44. The topological polar surface area (TPSA) is 49.8 Å². The molecule has 1 N–H and O–H groups in total. The summed E-state index contributed by atoms with van der Waals surface area (Å²) in [4.78, 5) is 15.2. The van der Waals surface area contributed by atoms with Crippen molar-refractivity contribution in [2.45, 2.75) is 44.6 Å². The van der Waals surface area contributed by atoms with Crippen molar-refractivity contribution in [2.24, 2.45) is 17.8 Å². The minimum Gasteiger partial charge on any atom is -0.450 e. The molecule has 2 aliphatic carbocycles. The van der Waals surface area contributed by atoms with Crippen LogP contribution >= 0.6 is 0 Å². The Labute approximate surface area is 161 Å². The van der Waals surface area contributed by atoms with Crippen LogP contribution in [0.4, 0.5) is 0 Å². The first-order chi connectivity index (χ1) is 13.1. The number of carbonyl (C=O) groups is 1. The third-order valence-corrected chi connectivity index (χ3v) is 6.51. The number of ether oxygens (including phenoxy) is 1. The lowest BCUT2D eigenvalue weighted by Crippen LogP contribution is -2.43. The second-order valence-corrected chi connectivity index (χ2v) is 8.49. The molecule has 4 rings (SSSR count). The van der Waals surface area contributed by atoms with Crippen molar-refractivity contribution in [1.82, 2.24) is 4.90 Å². The molecule has 1 aliphatic heterocycles. The highest BCUT2D eigenvalue weighted by molar-refractivity contribution is 5.81. The van der Waals surface area contributed by atoms with E-state index in [0.29, 0.717) is 5.56 Å². The minimum absolute atomic E-state index is 0.0421. The molecule has 1 unspecified atom stereocenters. The maximum Gasteiger partial charge on any atom is 0.344 e. The Balaban J connectivity index is 1.37. The molecule has 4 nitrogen and oxygen atoms in total. The fourth-order valence-corrected chi connectivity index (χ4v) is 4.73. The van der Waals surface area contributed by atoms with Gasteiger partial charge in [-0.05, 0) is 43.6 Å². The van der Waals surface area contributed by atoms with Crippen LogP contribution in [0.5, 0.6) is 0 Å². The van der Waals surface area contributed by atoms with Crippen LogP contribution in [0.1, 0.15) is 43.2 Å². The molecule has 1 aromatic rings. The molecule has 1 aromatic carbocycles. The van der Waals surface area contributed by atoms with Crippen molar-refractivity contribution < 1.29 is 14.6 Å². The summed E-state index contributed by atoms with van der Waals surface area (Å²) < 4.78 is 5.42. The van der Waals surface area contributed by atoms with Crippen LogP contribution in [0, 0.1) is 36.5 Å². The quantitative estimate of drug-likeness (QED) is 0.642. The Morgan fingerprint density at radius 3 is 2.52 bits per heavy atom. The number of piperidine rings is 1. The summed E-state index contributed by atoms with van der Waals surface area (Å²) in [6.45, 7) is 5.11. The van der Waals surface area contributed by atoms with Gasteiger partial charge in [-0.25, -0.2) is 4.79 Å². The van der Waals surface area contributed by atoms with Crippen LogP contribution in [-0.4, -0.2) is 42.2 Å². The van der Waals surface area contributed by atoms with E-state index < -0.39 is 11.6 Å². The minimum atomic E-state index is -1.57. The SMILES string of the molecule is Cc1ccc(C(O)(C(=O)OCC#CCN2C[C@H]3C[C@H]3C2)C2CCCC2)cc1. The fraction of sp³-hybridized carbons (Fsp3) is 0.609. The Kier molecular flexibility index (Phi) is 5.25. The van der Waals surface area contributed by atoms with Crippen molar-refractivity contribution in [3.63, 3.8) is 0 Å². The molecule has 4 heteroatoms. The van der Waals surface area contributed by atoms with E-state index in [0.717, 1.165) is 62.7 Å². The molecule has 3 aliphatic rings. The normalized spacial score (nSPS) is 26.7. The Morgan fingerprint density at radius 2 is 1.85 bits per heavy atom. The number of carbonyl (C=O) groups excluding carboxylic acids is 1. The van der Waals surface area contributed by atoms with Gasteiger partial charge in [-0.3, -0.25) is 4.90 Å². The molecule has 0 aromatic heterocycles. The number of nitrogens with zero attached hydrogens (tertiary/aromatic N) is 1. The molecule has 3 atom stereocenters. The largest absolute Gasteiger partial charge is 0.450 e. The lowest BCUT2D eigenvalue weighted by atomic mass is 9.80. The Bertz CT molecular complexity index is 731. The zero-order valence-corrected chi connectivity index (χ0v) is 16.1. The molecule has 1 saturated heterocycles. The summed E-state index contributed by atoms with van der Waals surface area (Å²) in [5.41, 5.74) is 0.169. The maximum atomic E-state index is 12.9. The predicted molar refractivity (Wildman–Crippen MR) is 104 cm³/mol. The summed E-state index contributed by atoms with van der Waals surface area (Å²) in [6.07, 6.45) is 5.18. The second-order valence-electron chi connectivity index (χ2n) is 8.49. The summed E-state index contributed by atoms with van der Waals surface area (Å²) in [6, 6.07) is 7.56. The fourth-order valence-electron chi connectivity index (χ4n) is 4.73. The molecule has 0 amide bonds. The molecule has 3 fully saturated rings. The molecule has 2 saturated carbocycles. The van der Waals surface area contributed by atoms with Gasteiger partial charge in [0.2, 0.25) is 0 Å². The van der Waals surface area contributed by atoms with Crippen LogP contribution in [-0.2, 0) is 15.1 Å². The zero-order valence-electron chi connectivity index (χ0n) is 16.1. The third kappa shape index (κ3) is 3.90. The lowest BCUT2D eigenvalue weighted by molar-refractivity contribution is -0.172. The van der Waals surface area contributed by atoms with E-state index in [1.807, 2.05) is 31.2 Å². The van der Waals surface area contributed by atoms with E-state index in [-0.39, 0.29) is 12.5 Å². The smallest absolute Gasteiger partial charge is 0.344 e. The monoisotopic (exact) mass is 367 g/mol. The number of fused-ring (bicyclic) bond motifs is 1. The summed E-state index contributed by atoms with van der Waals surface area (Å²) in [5, 5.41) is 11.4. The summed E-state index contributed by atoms with van der Waals surface area (Å²) >= 11 is 0. The average molecular weight is 367 g/mol. The van der Waals surface area contributed by atoms with Gasteiger partial charge in [-0.1, -0.05) is 54.5 Å². The molecule has 0 spiro atoms. The van der Waals surface area contributed by atoms with Gasteiger partial charge < -0.3 is 9.84 Å². The number of benzene rings is 1. The van der Waals surface area contributed by atoms with Gasteiger partial charge in [0, 0.05) is 19.0 Å². The van der Waals surface area contributed by atoms with Gasteiger partial charge in [-0.15, -0.1) is 0 Å². The molecular formula is C23H29NO3. The van der Waals surface area contributed by atoms with Crippen LogP contribution in [0.15, 0.2) is 24.3 Å². The van der Waals surface area contributed by atoms with Crippen molar-refractivity contribution in [3.05, 3.63) is 35.4 Å². The van der Waals surface area contributed by atoms with Crippen LogP contribution in [0.2, 0.25) is 0 Å². The van der Waals surface area contributed by atoms with E-state index >= 15 is 0 Å². The van der Waals surface area contributed by atoms with E-state index in [1.54, 1.807) is 0 Å². The van der Waals surface area contributed by atoms with Gasteiger partial charge in [-0.2, -0.15) is 0 Å². The Hall–Kier alpha value is -1.83. The van der Waals surface area contributed by atoms with Crippen molar-refractivity contribution in [1.29, 1.82) is 0 Å². The number of hydrogen-bond donors (Lipinski definition) is 1. The van der Waals surface area contributed by atoms with Crippen molar-refractivity contribution >= 4 is 5.97 Å². The molecule has 0 radical (unpaired) electrons. The highest BCUT2D eigenvalue weighted by atomic mass is 16.5. The molecule has 27 heavy (non-hydrogen) atoms. The van der Waals surface area contributed by atoms with E-state index in [9.17, 15) is 9.90 Å². The van der Waals surface area contributed by atoms with Gasteiger partial charge in [0.25, 0.3) is 0 Å². The second kappa shape index (κ2) is 7.66. The molecule has 0 bridgehead atoms. The number of esters is 1. The van der Waals surface area contributed by atoms with E-state index in [1.165, 1.54) is 6.42 Å². The van der Waals surface area contributed by atoms with Crippen LogP contribution < -0.4 is 0 Å². The third-order valence-electron chi connectivity index (χ3n) is 6.51. The highest BCUT2D eigenvalue weighted by Gasteiger charge is 2.48. The molecule has 1 heterocycles. The number of likely N-dealkylation sites (tertiary alicyclic amines) is 1. The van der Waals surface area contributed by atoms with Gasteiger partial charge in [0.15, 0.2) is 12.2 Å². The van der Waals surface area contributed by atoms with Crippen molar-refractivity contribution in [3.8, 4) is 11.8 Å². The van der Waals surface area contributed by atoms with Crippen molar-refractivity contribution in [2.75, 3.05) is 26.2 Å². The lowest BCUT2D eigenvalue weighted by Gasteiger charge is -2.32. The zero-order chi connectivity index (χ0) is 18.9. The number of aryl methyl sites for hydroxylation is 1. The van der Waals surface area contributed by atoms with E-state index in [2.05, 4.69) is 16.7 Å².